The maximum atomic E-state index is 11.8. The summed E-state index contributed by atoms with van der Waals surface area (Å²) >= 11 is 0. The minimum atomic E-state index is 0.192. The number of ketones is 1. The van der Waals surface area contributed by atoms with Crippen LogP contribution in [0, 0.1) is 5.92 Å². The molecule has 3 heteroatoms. The summed E-state index contributed by atoms with van der Waals surface area (Å²) in [5.74, 6) is 1.51. The molecule has 1 heterocycles. The Morgan fingerprint density at radius 3 is 3.00 bits per heavy atom. The molecular formula is C13H17NO2. The Labute approximate surface area is 95.8 Å². The first-order valence-electron chi connectivity index (χ1n) is 5.90. The number of hydrogen-bond acceptors (Lipinski definition) is 3. The number of carbonyl (C=O) groups is 1. The largest absolute Gasteiger partial charge is 0.492 e. The predicted octanol–water partition coefficient (Wildman–Crippen LogP) is 2.85. The van der Waals surface area contributed by atoms with Gasteiger partial charge in [-0.1, -0.05) is 6.92 Å². The van der Waals surface area contributed by atoms with E-state index in [9.17, 15) is 4.79 Å². The Morgan fingerprint density at radius 2 is 2.31 bits per heavy atom. The first kappa shape index (κ1) is 11.1. The van der Waals surface area contributed by atoms with Crippen LogP contribution in [-0.4, -0.2) is 17.4 Å². The van der Waals surface area contributed by atoms with Crippen LogP contribution in [0.2, 0.25) is 0 Å². The Balaban J connectivity index is 1.99. The average molecular weight is 219 g/mol. The zero-order valence-electron chi connectivity index (χ0n) is 9.61. The summed E-state index contributed by atoms with van der Waals surface area (Å²) in [5, 5.41) is 0. The topological polar surface area (TPSA) is 39.2 Å². The zero-order valence-corrected chi connectivity index (χ0v) is 9.61. The number of ether oxygens (including phenoxy) is 1. The van der Waals surface area contributed by atoms with Crippen molar-refractivity contribution < 1.29 is 9.53 Å². The highest BCUT2D eigenvalue weighted by molar-refractivity contribution is 5.96. The molecule has 0 unspecified atom stereocenters. The molecule has 0 aromatic carbocycles. The summed E-state index contributed by atoms with van der Waals surface area (Å²) in [4.78, 5) is 15.9. The molecule has 16 heavy (non-hydrogen) atoms. The molecule has 0 aliphatic heterocycles. The minimum absolute atomic E-state index is 0.192. The van der Waals surface area contributed by atoms with Crippen LogP contribution in [0.4, 0.5) is 0 Å². The SMILES string of the molecule is CCCOc1cncc(C(=O)CC2CC2)c1. The van der Waals surface area contributed by atoms with Gasteiger partial charge in [0.25, 0.3) is 0 Å². The van der Waals surface area contributed by atoms with Crippen molar-refractivity contribution in [2.24, 2.45) is 5.92 Å². The van der Waals surface area contributed by atoms with Crippen molar-refractivity contribution in [3.63, 3.8) is 0 Å². The molecule has 1 fully saturated rings. The summed E-state index contributed by atoms with van der Waals surface area (Å²) in [7, 11) is 0. The number of hydrogen-bond donors (Lipinski definition) is 0. The van der Waals surface area contributed by atoms with E-state index in [1.54, 1.807) is 18.5 Å². The second-order valence-electron chi connectivity index (χ2n) is 4.33. The van der Waals surface area contributed by atoms with Gasteiger partial charge in [0, 0.05) is 18.2 Å². The summed E-state index contributed by atoms with van der Waals surface area (Å²) in [6, 6.07) is 1.80. The first-order chi connectivity index (χ1) is 7.79. The number of pyridine rings is 1. The number of nitrogens with zero attached hydrogens (tertiary/aromatic N) is 1. The third-order valence-electron chi connectivity index (χ3n) is 2.68. The standard InChI is InChI=1S/C13H17NO2/c1-2-5-16-12-7-11(8-14-9-12)13(15)6-10-3-4-10/h7-10H,2-6H2,1H3. The monoisotopic (exact) mass is 219 g/mol. The van der Waals surface area contributed by atoms with E-state index in [1.807, 2.05) is 0 Å². The molecule has 0 atom stereocenters. The van der Waals surface area contributed by atoms with E-state index in [0.717, 1.165) is 6.42 Å². The summed E-state index contributed by atoms with van der Waals surface area (Å²) in [5.41, 5.74) is 0.681. The van der Waals surface area contributed by atoms with Crippen LogP contribution in [0.3, 0.4) is 0 Å². The molecule has 0 radical (unpaired) electrons. The van der Waals surface area contributed by atoms with Crippen LogP contribution in [0.15, 0.2) is 18.5 Å². The third kappa shape index (κ3) is 3.05. The molecule has 0 bridgehead atoms. The fraction of sp³-hybridized carbons (Fsp3) is 0.538. The first-order valence-corrected chi connectivity index (χ1v) is 5.90. The molecule has 1 aliphatic rings. The molecule has 1 aromatic rings. The summed E-state index contributed by atoms with van der Waals surface area (Å²) < 4.78 is 5.45. The van der Waals surface area contributed by atoms with E-state index >= 15 is 0 Å². The van der Waals surface area contributed by atoms with E-state index in [-0.39, 0.29) is 5.78 Å². The average Bonchev–Trinajstić information content (AvgIpc) is 3.10. The van der Waals surface area contributed by atoms with Gasteiger partial charge in [0.15, 0.2) is 5.78 Å². The maximum Gasteiger partial charge on any atom is 0.164 e. The van der Waals surface area contributed by atoms with Crippen LogP contribution < -0.4 is 4.74 Å². The zero-order chi connectivity index (χ0) is 11.4. The second-order valence-corrected chi connectivity index (χ2v) is 4.33. The number of carbonyl (C=O) groups excluding carboxylic acids is 1. The van der Waals surface area contributed by atoms with E-state index in [4.69, 9.17) is 4.74 Å². The molecular weight excluding hydrogens is 202 g/mol. The lowest BCUT2D eigenvalue weighted by Gasteiger charge is -2.05. The minimum Gasteiger partial charge on any atom is -0.492 e. The van der Waals surface area contributed by atoms with Gasteiger partial charge in [-0.2, -0.15) is 0 Å². The van der Waals surface area contributed by atoms with Crippen LogP contribution >= 0.6 is 0 Å². The van der Waals surface area contributed by atoms with Crippen molar-refractivity contribution in [3.05, 3.63) is 24.0 Å². The van der Waals surface area contributed by atoms with Crippen molar-refractivity contribution in [1.82, 2.24) is 4.98 Å². The van der Waals surface area contributed by atoms with Gasteiger partial charge in [0.1, 0.15) is 5.75 Å². The van der Waals surface area contributed by atoms with Gasteiger partial charge in [-0.15, -0.1) is 0 Å². The molecule has 1 aliphatic carbocycles. The molecule has 2 rings (SSSR count). The lowest BCUT2D eigenvalue weighted by Crippen LogP contribution is -2.02. The van der Waals surface area contributed by atoms with Gasteiger partial charge in [0.05, 0.1) is 12.8 Å². The lowest BCUT2D eigenvalue weighted by molar-refractivity contribution is 0.0975. The normalized spacial score (nSPS) is 14.8. The fourth-order valence-electron chi connectivity index (χ4n) is 1.57. The highest BCUT2D eigenvalue weighted by Gasteiger charge is 2.25. The van der Waals surface area contributed by atoms with Crippen LogP contribution in [0.1, 0.15) is 43.0 Å². The smallest absolute Gasteiger partial charge is 0.164 e. The Kier molecular flexibility index (Phi) is 3.54. The highest BCUT2D eigenvalue weighted by Crippen LogP contribution is 2.33. The maximum absolute atomic E-state index is 11.8. The molecule has 0 spiro atoms. The van der Waals surface area contributed by atoms with Crippen LogP contribution in [-0.2, 0) is 0 Å². The van der Waals surface area contributed by atoms with Gasteiger partial charge in [-0.05, 0) is 31.2 Å². The number of rotatable bonds is 6. The van der Waals surface area contributed by atoms with E-state index in [1.165, 1.54) is 12.8 Å². The van der Waals surface area contributed by atoms with E-state index in [0.29, 0.717) is 30.3 Å². The molecule has 1 saturated carbocycles. The molecule has 1 aromatic heterocycles. The summed E-state index contributed by atoms with van der Waals surface area (Å²) in [6.07, 6.45) is 7.31. The van der Waals surface area contributed by atoms with E-state index < -0.39 is 0 Å². The molecule has 3 nitrogen and oxygen atoms in total. The second kappa shape index (κ2) is 5.10. The Hall–Kier alpha value is -1.38. The molecule has 0 saturated heterocycles. The van der Waals surface area contributed by atoms with Gasteiger partial charge in [-0.3, -0.25) is 9.78 Å². The fourth-order valence-corrected chi connectivity index (χ4v) is 1.57. The lowest BCUT2D eigenvalue weighted by atomic mass is 10.1. The predicted molar refractivity (Wildman–Crippen MR) is 61.7 cm³/mol. The quantitative estimate of drug-likeness (QED) is 0.690. The number of Topliss-reactive ketones (excluding diaryl/α,β-unsaturated/α-hetero) is 1. The van der Waals surface area contributed by atoms with Crippen LogP contribution in [0.25, 0.3) is 0 Å². The Bertz CT molecular complexity index is 372. The van der Waals surface area contributed by atoms with Crippen molar-refractivity contribution in [3.8, 4) is 5.75 Å². The van der Waals surface area contributed by atoms with Crippen molar-refractivity contribution in [2.75, 3.05) is 6.61 Å². The highest BCUT2D eigenvalue weighted by atomic mass is 16.5. The van der Waals surface area contributed by atoms with E-state index in [2.05, 4.69) is 11.9 Å². The molecule has 86 valence electrons. The van der Waals surface area contributed by atoms with Gasteiger partial charge < -0.3 is 4.74 Å². The van der Waals surface area contributed by atoms with Crippen LogP contribution in [0.5, 0.6) is 5.75 Å². The molecule has 0 N–H and O–H groups in total. The third-order valence-corrected chi connectivity index (χ3v) is 2.68. The van der Waals surface area contributed by atoms with Crippen molar-refractivity contribution >= 4 is 5.78 Å². The van der Waals surface area contributed by atoms with Gasteiger partial charge in [-0.25, -0.2) is 0 Å². The van der Waals surface area contributed by atoms with Gasteiger partial charge in [0.2, 0.25) is 0 Å². The van der Waals surface area contributed by atoms with Gasteiger partial charge >= 0.3 is 0 Å². The Morgan fingerprint density at radius 1 is 1.50 bits per heavy atom. The van der Waals surface area contributed by atoms with Crippen molar-refractivity contribution in [1.29, 1.82) is 0 Å². The molecule has 0 amide bonds. The van der Waals surface area contributed by atoms with Crippen molar-refractivity contribution in [2.45, 2.75) is 32.6 Å². The number of aromatic nitrogens is 1. The summed E-state index contributed by atoms with van der Waals surface area (Å²) in [6.45, 7) is 2.72.